The van der Waals surface area contributed by atoms with Crippen molar-refractivity contribution in [3.05, 3.63) is 83.7 Å². The zero-order valence-corrected chi connectivity index (χ0v) is 15.7. The van der Waals surface area contributed by atoms with Crippen molar-refractivity contribution >= 4 is 17.4 Å². The van der Waals surface area contributed by atoms with Gasteiger partial charge < -0.3 is 23.6 Å². The van der Waals surface area contributed by atoms with E-state index in [4.69, 9.17) is 13.6 Å². The predicted molar refractivity (Wildman–Crippen MR) is 103 cm³/mol. The molecular weight excluding hydrogens is 374 g/mol. The summed E-state index contributed by atoms with van der Waals surface area (Å²) in [5.74, 6) is -0.355. The zero-order chi connectivity index (χ0) is 20.4. The van der Waals surface area contributed by atoms with E-state index in [1.54, 1.807) is 48.5 Å². The van der Waals surface area contributed by atoms with Gasteiger partial charge in [0.1, 0.15) is 29.1 Å². The average molecular weight is 393 g/mol. The van der Waals surface area contributed by atoms with Crippen LogP contribution in [0.25, 0.3) is 5.76 Å². The molecule has 0 saturated carbocycles. The summed E-state index contributed by atoms with van der Waals surface area (Å²) in [7, 11) is 0. The Morgan fingerprint density at radius 1 is 1.10 bits per heavy atom. The Labute approximate surface area is 166 Å². The van der Waals surface area contributed by atoms with E-state index in [2.05, 4.69) is 0 Å². The molecule has 3 heterocycles. The number of nitrogens with zero attached hydrogens (tertiary/aromatic N) is 1. The molecule has 1 amide bonds. The maximum atomic E-state index is 12.9. The number of benzene rings is 1. The fraction of sp³-hybridized carbons (Fsp3) is 0.182. The molecule has 4 rings (SSSR count). The topological polar surface area (TPSA) is 93.1 Å². The van der Waals surface area contributed by atoms with E-state index in [9.17, 15) is 14.7 Å². The molecule has 1 N–H and O–H groups in total. The quantitative estimate of drug-likeness (QED) is 0.388. The van der Waals surface area contributed by atoms with Gasteiger partial charge in [0.2, 0.25) is 0 Å². The molecule has 2 aromatic heterocycles. The van der Waals surface area contributed by atoms with Crippen LogP contribution in [0.1, 0.15) is 30.0 Å². The van der Waals surface area contributed by atoms with Crippen LogP contribution in [0, 0.1) is 0 Å². The first-order chi connectivity index (χ1) is 14.1. The third kappa shape index (κ3) is 3.42. The van der Waals surface area contributed by atoms with Crippen LogP contribution in [-0.2, 0) is 16.1 Å². The molecule has 1 aromatic carbocycles. The van der Waals surface area contributed by atoms with Gasteiger partial charge in [0, 0.05) is 5.56 Å². The molecule has 0 radical (unpaired) electrons. The molecule has 1 fully saturated rings. The molecule has 1 aliphatic heterocycles. The van der Waals surface area contributed by atoms with E-state index in [-0.39, 0.29) is 17.9 Å². The van der Waals surface area contributed by atoms with Gasteiger partial charge in [0.25, 0.3) is 11.7 Å². The minimum Gasteiger partial charge on any atom is -0.507 e. The highest BCUT2D eigenvalue weighted by molar-refractivity contribution is 6.46. The lowest BCUT2D eigenvalue weighted by Crippen LogP contribution is -2.28. The number of likely N-dealkylation sites (tertiary alicyclic amines) is 1. The molecule has 3 aromatic rings. The van der Waals surface area contributed by atoms with Crippen LogP contribution in [0.2, 0.25) is 0 Å². The molecule has 148 valence electrons. The highest BCUT2D eigenvalue weighted by Gasteiger charge is 2.47. The first-order valence-electron chi connectivity index (χ1n) is 9.17. The maximum absolute atomic E-state index is 12.9. The summed E-state index contributed by atoms with van der Waals surface area (Å²) in [5, 5.41) is 11.0. The number of furan rings is 2. The fourth-order valence-electron chi connectivity index (χ4n) is 3.41. The molecule has 1 atom stereocenters. The number of aliphatic hydroxyl groups excluding tert-OH is 1. The molecule has 1 aliphatic rings. The number of rotatable bonds is 6. The van der Waals surface area contributed by atoms with E-state index in [1.165, 1.54) is 17.4 Å². The van der Waals surface area contributed by atoms with Crippen molar-refractivity contribution in [3.8, 4) is 5.75 Å². The van der Waals surface area contributed by atoms with Crippen LogP contribution < -0.4 is 4.74 Å². The number of ether oxygens (including phenoxy) is 1. The Hall–Kier alpha value is -3.74. The van der Waals surface area contributed by atoms with Crippen molar-refractivity contribution in [2.45, 2.75) is 19.5 Å². The van der Waals surface area contributed by atoms with Crippen LogP contribution in [0.15, 0.2) is 75.5 Å². The molecule has 7 heteroatoms. The summed E-state index contributed by atoms with van der Waals surface area (Å²) in [5.41, 5.74) is 0.341. The largest absolute Gasteiger partial charge is 0.507 e. The smallest absolute Gasteiger partial charge is 0.296 e. The fourth-order valence-corrected chi connectivity index (χ4v) is 3.41. The van der Waals surface area contributed by atoms with Crippen molar-refractivity contribution in [1.29, 1.82) is 0 Å². The summed E-state index contributed by atoms with van der Waals surface area (Å²) in [6, 6.07) is 12.6. The average Bonchev–Trinajstić information content (AvgIpc) is 3.47. The third-order valence-corrected chi connectivity index (χ3v) is 4.68. The number of Topliss-reactive ketones (excluding diaryl/α,β-unsaturated/α-hetero) is 1. The first-order valence-corrected chi connectivity index (χ1v) is 9.17. The zero-order valence-electron chi connectivity index (χ0n) is 15.7. The number of amides is 1. The van der Waals surface area contributed by atoms with Crippen LogP contribution in [0.5, 0.6) is 5.75 Å². The Bertz CT molecular complexity index is 1050. The van der Waals surface area contributed by atoms with E-state index in [0.29, 0.717) is 29.4 Å². The van der Waals surface area contributed by atoms with Crippen LogP contribution in [-0.4, -0.2) is 28.3 Å². The number of aliphatic hydroxyl groups is 1. The highest BCUT2D eigenvalue weighted by Crippen LogP contribution is 2.40. The van der Waals surface area contributed by atoms with Gasteiger partial charge in [-0.2, -0.15) is 0 Å². The summed E-state index contributed by atoms with van der Waals surface area (Å²) in [6.45, 7) is 2.38. The second kappa shape index (κ2) is 7.71. The number of ketones is 1. The van der Waals surface area contributed by atoms with Gasteiger partial charge in [-0.25, -0.2) is 0 Å². The van der Waals surface area contributed by atoms with E-state index in [1.807, 2.05) is 6.92 Å². The lowest BCUT2D eigenvalue weighted by atomic mass is 9.99. The van der Waals surface area contributed by atoms with Crippen molar-refractivity contribution in [3.63, 3.8) is 0 Å². The van der Waals surface area contributed by atoms with E-state index < -0.39 is 17.7 Å². The van der Waals surface area contributed by atoms with Gasteiger partial charge in [0.15, 0.2) is 0 Å². The SMILES string of the molecule is CCOc1cccc(/C(O)=C2/C(=O)C(=O)N(Cc3ccco3)C2c2ccco2)c1. The molecular formula is C22H19NO6. The second-order valence-electron chi connectivity index (χ2n) is 6.48. The maximum Gasteiger partial charge on any atom is 0.296 e. The van der Waals surface area contributed by atoms with Crippen LogP contribution in [0.4, 0.5) is 0 Å². The third-order valence-electron chi connectivity index (χ3n) is 4.68. The normalized spacial score (nSPS) is 18.4. The first kappa shape index (κ1) is 18.6. The molecule has 0 spiro atoms. The van der Waals surface area contributed by atoms with Crippen molar-refractivity contribution in [1.82, 2.24) is 4.90 Å². The van der Waals surface area contributed by atoms with Gasteiger partial charge >= 0.3 is 0 Å². The number of hydrogen-bond acceptors (Lipinski definition) is 6. The van der Waals surface area contributed by atoms with Crippen molar-refractivity contribution in [2.24, 2.45) is 0 Å². The Balaban J connectivity index is 1.81. The van der Waals surface area contributed by atoms with Crippen LogP contribution in [0.3, 0.4) is 0 Å². The van der Waals surface area contributed by atoms with Crippen LogP contribution >= 0.6 is 0 Å². The lowest BCUT2D eigenvalue weighted by molar-refractivity contribution is -0.140. The standard InChI is InChI=1S/C22H19NO6/c1-2-27-15-7-3-6-14(12-15)20(24)18-19(17-9-5-11-29-17)23(22(26)21(18)25)13-16-8-4-10-28-16/h3-12,19,24H,2,13H2,1H3/b20-18-. The number of carbonyl (C=O) groups excluding carboxylic acids is 2. The van der Waals surface area contributed by atoms with Gasteiger partial charge in [0.05, 0.1) is 31.3 Å². The summed E-state index contributed by atoms with van der Waals surface area (Å²) >= 11 is 0. The van der Waals surface area contributed by atoms with Gasteiger partial charge in [-0.3, -0.25) is 9.59 Å². The Kier molecular flexibility index (Phi) is 4.95. The predicted octanol–water partition coefficient (Wildman–Crippen LogP) is 3.89. The minimum absolute atomic E-state index is 0.0369. The minimum atomic E-state index is -0.870. The van der Waals surface area contributed by atoms with Gasteiger partial charge in [-0.05, 0) is 43.3 Å². The van der Waals surface area contributed by atoms with Gasteiger partial charge in [-0.1, -0.05) is 12.1 Å². The number of carbonyl (C=O) groups is 2. The monoisotopic (exact) mass is 393 g/mol. The Morgan fingerprint density at radius 2 is 1.90 bits per heavy atom. The lowest BCUT2D eigenvalue weighted by Gasteiger charge is -2.22. The number of hydrogen-bond donors (Lipinski definition) is 1. The molecule has 7 nitrogen and oxygen atoms in total. The molecule has 0 bridgehead atoms. The molecule has 1 unspecified atom stereocenters. The Morgan fingerprint density at radius 3 is 2.59 bits per heavy atom. The summed E-state index contributed by atoms with van der Waals surface area (Å²) in [6.07, 6.45) is 2.95. The second-order valence-corrected chi connectivity index (χ2v) is 6.48. The van der Waals surface area contributed by atoms with E-state index >= 15 is 0 Å². The summed E-state index contributed by atoms with van der Waals surface area (Å²) in [4.78, 5) is 27.0. The van der Waals surface area contributed by atoms with Crippen molar-refractivity contribution in [2.75, 3.05) is 6.61 Å². The van der Waals surface area contributed by atoms with E-state index in [0.717, 1.165) is 0 Å². The summed E-state index contributed by atoms with van der Waals surface area (Å²) < 4.78 is 16.3. The van der Waals surface area contributed by atoms with Gasteiger partial charge in [-0.15, -0.1) is 0 Å². The molecule has 0 aliphatic carbocycles. The van der Waals surface area contributed by atoms with Crippen molar-refractivity contribution < 1.29 is 28.3 Å². The molecule has 1 saturated heterocycles. The molecule has 29 heavy (non-hydrogen) atoms. The highest BCUT2D eigenvalue weighted by atomic mass is 16.5.